The first-order valence-corrected chi connectivity index (χ1v) is 13.0. The van der Waals surface area contributed by atoms with Crippen LogP contribution in [0.5, 0.6) is 17.2 Å². The number of ether oxygens (including phenoxy) is 5. The summed E-state index contributed by atoms with van der Waals surface area (Å²) in [6.07, 6.45) is -8.66. The summed E-state index contributed by atoms with van der Waals surface area (Å²) >= 11 is 0. The van der Waals surface area contributed by atoms with Gasteiger partial charge in [-0.2, -0.15) is 0 Å². The molecular weight excluding hydrogens is 560 g/mol. The Bertz CT molecular complexity index is 1470. The van der Waals surface area contributed by atoms with Crippen LogP contribution in [0.4, 0.5) is 0 Å². The lowest BCUT2D eigenvalue weighted by Crippen LogP contribution is -2.56. The van der Waals surface area contributed by atoms with E-state index in [0.717, 1.165) is 0 Å². The quantitative estimate of drug-likeness (QED) is 0.170. The van der Waals surface area contributed by atoms with Gasteiger partial charge in [-0.1, -0.05) is 24.3 Å². The lowest BCUT2D eigenvalue weighted by atomic mass is 9.90. The maximum absolute atomic E-state index is 13.3. The molecule has 42 heavy (non-hydrogen) atoms. The molecule has 2 aliphatic rings. The molecule has 2 fully saturated rings. The van der Waals surface area contributed by atoms with Crippen molar-refractivity contribution in [3.05, 3.63) is 52.4 Å². The maximum atomic E-state index is 13.3. The monoisotopic (exact) mass is 592 g/mol. The molecule has 7 N–H and O–H groups in total. The molecule has 3 aromatic rings. The standard InChI is InChI=1S/C28H32O14/c1-37-16-7-15-18(21(32)25(16)38-2)19(30)14(8-39-15)12-3-5-13(6-4-12)24-23(34)22(33)20(31)17(42-24)9-40-27-26(35)28(36,10-29)11-41-27/h3-8,17,20,22-24,26-27,29,31-36H,9-11H2,1-2H3/t17-,20-,22+,23-,24+,26+,27-,28-/m1/s1. The van der Waals surface area contributed by atoms with Crippen molar-refractivity contribution < 1.29 is 63.8 Å². The lowest BCUT2D eigenvalue weighted by molar-refractivity contribution is -0.252. The van der Waals surface area contributed by atoms with Crippen LogP contribution in [-0.2, 0) is 14.2 Å². The number of hydrogen-bond acceptors (Lipinski definition) is 14. The zero-order valence-electron chi connectivity index (χ0n) is 22.6. The van der Waals surface area contributed by atoms with Crippen molar-refractivity contribution in [3.8, 4) is 28.4 Å². The first kappa shape index (κ1) is 30.2. The minimum Gasteiger partial charge on any atom is -0.504 e. The van der Waals surface area contributed by atoms with Gasteiger partial charge in [0.25, 0.3) is 0 Å². The van der Waals surface area contributed by atoms with Gasteiger partial charge in [0.1, 0.15) is 59.5 Å². The number of hydrogen-bond donors (Lipinski definition) is 7. The van der Waals surface area contributed by atoms with Crippen LogP contribution in [0.3, 0.4) is 0 Å². The van der Waals surface area contributed by atoms with E-state index in [9.17, 15) is 40.5 Å². The Morgan fingerprint density at radius 1 is 1.02 bits per heavy atom. The molecule has 0 amide bonds. The number of benzene rings is 2. The third-order valence-corrected chi connectivity index (χ3v) is 7.65. The van der Waals surface area contributed by atoms with Crippen molar-refractivity contribution in [2.24, 2.45) is 0 Å². The second kappa shape index (κ2) is 11.8. The van der Waals surface area contributed by atoms with E-state index in [1.165, 1.54) is 26.5 Å². The zero-order valence-corrected chi connectivity index (χ0v) is 22.6. The summed E-state index contributed by atoms with van der Waals surface area (Å²) in [5.74, 6) is -0.274. The van der Waals surface area contributed by atoms with E-state index in [1.54, 1.807) is 24.3 Å². The second-order valence-electron chi connectivity index (χ2n) is 10.2. The van der Waals surface area contributed by atoms with E-state index in [2.05, 4.69) is 0 Å². The molecule has 3 heterocycles. The number of aliphatic hydroxyl groups excluding tert-OH is 5. The van der Waals surface area contributed by atoms with Gasteiger partial charge in [0.05, 0.1) is 39.6 Å². The predicted molar refractivity (Wildman–Crippen MR) is 142 cm³/mol. The largest absolute Gasteiger partial charge is 0.504 e. The van der Waals surface area contributed by atoms with Gasteiger partial charge in [-0.05, 0) is 11.1 Å². The highest BCUT2D eigenvalue weighted by molar-refractivity contribution is 5.91. The van der Waals surface area contributed by atoms with Gasteiger partial charge < -0.3 is 63.8 Å². The molecule has 2 saturated heterocycles. The maximum Gasteiger partial charge on any atom is 0.204 e. The summed E-state index contributed by atoms with van der Waals surface area (Å²) in [5.41, 5.74) is -1.41. The van der Waals surface area contributed by atoms with Crippen LogP contribution < -0.4 is 14.9 Å². The summed E-state index contributed by atoms with van der Waals surface area (Å²) in [6.45, 7) is -1.53. The molecule has 0 spiro atoms. The molecule has 14 heteroatoms. The third kappa shape index (κ3) is 5.10. The summed E-state index contributed by atoms with van der Waals surface area (Å²) < 4.78 is 32.5. The van der Waals surface area contributed by atoms with Crippen LogP contribution in [0.2, 0.25) is 0 Å². The number of rotatable bonds is 8. The summed E-state index contributed by atoms with van der Waals surface area (Å²) in [7, 11) is 2.70. The average Bonchev–Trinajstić information content (AvgIpc) is 3.29. The molecule has 8 atom stereocenters. The Morgan fingerprint density at radius 3 is 2.36 bits per heavy atom. The van der Waals surface area contributed by atoms with Crippen molar-refractivity contribution in [1.29, 1.82) is 0 Å². The van der Waals surface area contributed by atoms with E-state index in [1.807, 2.05) is 0 Å². The van der Waals surface area contributed by atoms with Crippen LogP contribution in [0.25, 0.3) is 22.1 Å². The Morgan fingerprint density at radius 2 is 1.74 bits per heavy atom. The Kier molecular flexibility index (Phi) is 8.44. The van der Waals surface area contributed by atoms with Crippen molar-refractivity contribution in [1.82, 2.24) is 0 Å². The smallest absolute Gasteiger partial charge is 0.204 e. The average molecular weight is 593 g/mol. The first-order valence-electron chi connectivity index (χ1n) is 13.0. The van der Waals surface area contributed by atoms with E-state index >= 15 is 0 Å². The molecule has 0 bridgehead atoms. The second-order valence-corrected chi connectivity index (χ2v) is 10.2. The van der Waals surface area contributed by atoms with E-state index < -0.39 is 72.9 Å². The van der Waals surface area contributed by atoms with Gasteiger partial charge in [0.15, 0.2) is 17.8 Å². The van der Waals surface area contributed by atoms with Crippen molar-refractivity contribution in [3.63, 3.8) is 0 Å². The summed E-state index contributed by atoms with van der Waals surface area (Å²) in [6, 6.07) is 7.64. The van der Waals surface area contributed by atoms with Gasteiger partial charge in [-0.15, -0.1) is 0 Å². The molecular formula is C28H32O14. The highest BCUT2D eigenvalue weighted by Crippen LogP contribution is 2.42. The molecule has 1 aromatic heterocycles. The Hall–Kier alpha value is -3.31. The molecule has 0 unspecified atom stereocenters. The van der Waals surface area contributed by atoms with Crippen LogP contribution in [-0.4, -0.2) is 112 Å². The highest BCUT2D eigenvalue weighted by Gasteiger charge is 2.50. The van der Waals surface area contributed by atoms with Crippen molar-refractivity contribution in [2.75, 3.05) is 34.0 Å². The molecule has 0 aliphatic carbocycles. The fourth-order valence-corrected chi connectivity index (χ4v) is 5.12. The van der Waals surface area contributed by atoms with Crippen LogP contribution in [0, 0.1) is 0 Å². The SMILES string of the molecule is COc1cc2occ(-c3ccc([C@@H]4O[C@H](CO[C@@H]5OC[C@](O)(CO)[C@H]5O)[C@@H](O)[C@H](O)[C@H]4O)cc3)c(=O)c2c(O)c1OC. The zero-order chi connectivity index (χ0) is 30.3. The highest BCUT2D eigenvalue weighted by atomic mass is 16.7. The van der Waals surface area contributed by atoms with Gasteiger partial charge in [-0.3, -0.25) is 4.79 Å². The Labute approximate surface area is 238 Å². The minimum absolute atomic E-state index is 0.0226. The van der Waals surface area contributed by atoms with Crippen LogP contribution in [0.1, 0.15) is 11.7 Å². The number of aliphatic hydroxyl groups is 6. The number of aromatic hydroxyl groups is 1. The predicted octanol–water partition coefficient (Wildman–Crippen LogP) is -0.837. The van der Waals surface area contributed by atoms with Crippen molar-refractivity contribution in [2.45, 2.75) is 48.5 Å². The van der Waals surface area contributed by atoms with Gasteiger partial charge in [-0.25, -0.2) is 0 Å². The number of phenolic OH excluding ortho intramolecular Hbond substituents is 1. The van der Waals surface area contributed by atoms with Crippen molar-refractivity contribution >= 4 is 11.0 Å². The molecule has 0 radical (unpaired) electrons. The first-order chi connectivity index (χ1) is 20.0. The topological polar surface area (TPSA) is 218 Å². The van der Waals surface area contributed by atoms with Crippen LogP contribution >= 0.6 is 0 Å². The van der Waals surface area contributed by atoms with Gasteiger partial charge in [0.2, 0.25) is 11.2 Å². The van der Waals surface area contributed by atoms with Gasteiger partial charge >= 0.3 is 0 Å². The number of methoxy groups -OCH3 is 2. The van der Waals surface area contributed by atoms with Crippen LogP contribution in [0.15, 0.2) is 45.8 Å². The van der Waals surface area contributed by atoms with E-state index in [4.69, 9.17) is 28.1 Å². The summed E-state index contributed by atoms with van der Waals surface area (Å²) in [5, 5.41) is 71.8. The van der Waals surface area contributed by atoms with E-state index in [0.29, 0.717) is 11.1 Å². The molecule has 2 aromatic carbocycles. The fraction of sp³-hybridized carbons (Fsp3) is 0.464. The minimum atomic E-state index is -1.91. The molecule has 228 valence electrons. The molecule has 0 saturated carbocycles. The third-order valence-electron chi connectivity index (χ3n) is 7.65. The number of fused-ring (bicyclic) bond motifs is 1. The number of phenols is 1. The summed E-state index contributed by atoms with van der Waals surface area (Å²) in [4.78, 5) is 13.3. The molecule has 5 rings (SSSR count). The normalized spacial score (nSPS) is 31.4. The Balaban J connectivity index is 1.37. The fourth-order valence-electron chi connectivity index (χ4n) is 5.12. The molecule has 14 nitrogen and oxygen atoms in total. The van der Waals surface area contributed by atoms with Gasteiger partial charge in [0, 0.05) is 6.07 Å². The lowest BCUT2D eigenvalue weighted by Gasteiger charge is -2.41. The van der Waals surface area contributed by atoms with E-state index in [-0.39, 0.29) is 34.6 Å². The molecule has 2 aliphatic heterocycles.